The van der Waals surface area contributed by atoms with Crippen molar-refractivity contribution in [2.75, 3.05) is 20.8 Å². The number of rotatable bonds is 9. The molecule has 1 atom stereocenters. The van der Waals surface area contributed by atoms with Crippen LogP contribution in [0.2, 0.25) is 0 Å². The second kappa shape index (κ2) is 12.4. The molecule has 42 heavy (non-hydrogen) atoms. The van der Waals surface area contributed by atoms with Gasteiger partial charge in [-0.25, -0.2) is 9.79 Å². The Kier molecular flexibility index (Phi) is 8.44. The standard InChI is InChI=1S/C32H30N2O7S/c1-5-40-31(37)28-19(2)34-30(36)27(42-32(34)33-29(28)22-12-13-23(35)25(17-22)38-3)16-21-11-14-24(26(15-21)39-4)41-18-20-9-7-6-8-10-20/h6-17,29,35H,5,18H2,1-4H3/b27-16-/t29-/m1/s1. The van der Waals surface area contributed by atoms with Crippen molar-refractivity contribution in [2.24, 2.45) is 4.99 Å². The highest BCUT2D eigenvalue weighted by Crippen LogP contribution is 2.36. The van der Waals surface area contributed by atoms with Crippen LogP contribution >= 0.6 is 11.3 Å². The summed E-state index contributed by atoms with van der Waals surface area (Å²) in [6, 6.07) is 19.3. The van der Waals surface area contributed by atoms with E-state index in [0.717, 1.165) is 11.1 Å². The zero-order valence-corrected chi connectivity index (χ0v) is 24.4. The minimum absolute atomic E-state index is 0.0349. The van der Waals surface area contributed by atoms with Gasteiger partial charge < -0.3 is 24.1 Å². The van der Waals surface area contributed by atoms with E-state index < -0.39 is 12.0 Å². The topological polar surface area (TPSA) is 109 Å². The summed E-state index contributed by atoms with van der Waals surface area (Å²) in [6.45, 7) is 3.98. The van der Waals surface area contributed by atoms with Crippen molar-refractivity contribution in [3.63, 3.8) is 0 Å². The Labute approximate surface area is 246 Å². The highest BCUT2D eigenvalue weighted by molar-refractivity contribution is 7.07. The molecule has 5 rings (SSSR count). The predicted octanol–water partition coefficient (Wildman–Crippen LogP) is 4.21. The van der Waals surface area contributed by atoms with E-state index in [9.17, 15) is 14.7 Å². The first-order valence-corrected chi connectivity index (χ1v) is 14.1. The number of esters is 1. The SMILES string of the molecule is CCOC(=O)C1=C(C)n2c(s/c(=C\c3ccc(OCc4ccccc4)c(OC)c3)c2=O)=N[C@@H]1c1ccc(O)c(OC)c1. The van der Waals surface area contributed by atoms with E-state index in [1.807, 2.05) is 36.4 Å². The number of hydrogen-bond acceptors (Lipinski definition) is 9. The van der Waals surface area contributed by atoms with Gasteiger partial charge in [0, 0.05) is 5.70 Å². The number of thiazole rings is 1. The molecule has 0 bridgehead atoms. The second-order valence-electron chi connectivity index (χ2n) is 9.40. The lowest BCUT2D eigenvalue weighted by Crippen LogP contribution is -2.35. The fourth-order valence-corrected chi connectivity index (χ4v) is 5.74. The number of carbonyl (C=O) groups is 1. The first-order valence-electron chi connectivity index (χ1n) is 13.3. The molecular weight excluding hydrogens is 556 g/mol. The van der Waals surface area contributed by atoms with Crippen LogP contribution in [0.5, 0.6) is 23.0 Å². The molecule has 0 amide bonds. The van der Waals surface area contributed by atoms with E-state index >= 15 is 0 Å². The summed E-state index contributed by atoms with van der Waals surface area (Å²) in [5, 5.41) is 10.1. The maximum atomic E-state index is 13.6. The molecule has 3 aromatic carbocycles. The lowest BCUT2D eigenvalue weighted by molar-refractivity contribution is -0.138. The Morgan fingerprint density at radius 1 is 1.02 bits per heavy atom. The molecule has 1 aliphatic heterocycles. The summed E-state index contributed by atoms with van der Waals surface area (Å²) in [5.74, 6) is 0.763. The summed E-state index contributed by atoms with van der Waals surface area (Å²) in [4.78, 5) is 32.0. The molecule has 1 aliphatic rings. The van der Waals surface area contributed by atoms with Crippen LogP contribution in [0.15, 0.2) is 82.1 Å². The van der Waals surface area contributed by atoms with Gasteiger partial charge in [-0.2, -0.15) is 0 Å². The van der Waals surface area contributed by atoms with Crippen LogP contribution in [0.3, 0.4) is 0 Å². The molecule has 0 aliphatic carbocycles. The number of benzene rings is 3. The van der Waals surface area contributed by atoms with Gasteiger partial charge in [0.05, 0.1) is 30.9 Å². The third-order valence-corrected chi connectivity index (χ3v) is 7.76. The molecule has 9 nitrogen and oxygen atoms in total. The van der Waals surface area contributed by atoms with Crippen LogP contribution in [0, 0.1) is 0 Å². The van der Waals surface area contributed by atoms with Crippen molar-refractivity contribution in [2.45, 2.75) is 26.5 Å². The van der Waals surface area contributed by atoms with E-state index in [1.54, 1.807) is 51.3 Å². The number of methoxy groups -OCH3 is 2. The first kappa shape index (κ1) is 28.7. The van der Waals surface area contributed by atoms with Crippen LogP contribution in [0.25, 0.3) is 11.8 Å². The quantitative estimate of drug-likeness (QED) is 0.293. The summed E-state index contributed by atoms with van der Waals surface area (Å²) in [7, 11) is 3.01. The van der Waals surface area contributed by atoms with E-state index in [2.05, 4.69) is 0 Å². The Morgan fingerprint density at radius 2 is 1.79 bits per heavy atom. The van der Waals surface area contributed by atoms with Crippen molar-refractivity contribution in [1.82, 2.24) is 4.57 Å². The van der Waals surface area contributed by atoms with Gasteiger partial charge in [0.25, 0.3) is 5.56 Å². The normalized spacial score (nSPS) is 14.7. The van der Waals surface area contributed by atoms with E-state index in [-0.39, 0.29) is 29.2 Å². The molecule has 0 unspecified atom stereocenters. The molecule has 0 fully saturated rings. The molecule has 10 heteroatoms. The van der Waals surface area contributed by atoms with E-state index in [4.69, 9.17) is 23.9 Å². The number of phenolic OH excluding ortho intramolecular Hbond substituents is 1. The average Bonchev–Trinajstić information content (AvgIpc) is 3.31. The van der Waals surface area contributed by atoms with Gasteiger partial charge in [-0.15, -0.1) is 0 Å². The van der Waals surface area contributed by atoms with Gasteiger partial charge in [-0.05, 0) is 60.9 Å². The largest absolute Gasteiger partial charge is 0.504 e. The molecule has 0 radical (unpaired) electrons. The Balaban J connectivity index is 1.56. The first-order chi connectivity index (χ1) is 20.3. The van der Waals surface area contributed by atoms with Crippen LogP contribution in [-0.4, -0.2) is 36.5 Å². The van der Waals surface area contributed by atoms with Crippen LogP contribution in [0.4, 0.5) is 0 Å². The van der Waals surface area contributed by atoms with Crippen molar-refractivity contribution in [3.8, 4) is 23.0 Å². The Hall–Kier alpha value is -4.83. The fourth-order valence-electron chi connectivity index (χ4n) is 4.70. The summed E-state index contributed by atoms with van der Waals surface area (Å²) >= 11 is 1.21. The van der Waals surface area contributed by atoms with Crippen molar-refractivity contribution in [1.29, 1.82) is 0 Å². The number of aromatic hydroxyl groups is 1. The highest BCUT2D eigenvalue weighted by atomic mass is 32.1. The van der Waals surface area contributed by atoms with Gasteiger partial charge in [-0.3, -0.25) is 9.36 Å². The number of allylic oxidation sites excluding steroid dienone is 1. The summed E-state index contributed by atoms with van der Waals surface area (Å²) < 4.78 is 24.0. The lowest BCUT2D eigenvalue weighted by atomic mass is 9.96. The van der Waals surface area contributed by atoms with Crippen molar-refractivity contribution >= 4 is 29.1 Å². The van der Waals surface area contributed by atoms with Gasteiger partial charge in [-0.1, -0.05) is 53.8 Å². The summed E-state index contributed by atoms with van der Waals surface area (Å²) in [5.41, 5.74) is 2.75. The molecule has 0 saturated carbocycles. The molecular formula is C32H30N2O7S. The zero-order valence-electron chi connectivity index (χ0n) is 23.6. The number of nitrogens with zero attached hydrogens (tertiary/aromatic N) is 2. The molecule has 1 N–H and O–H groups in total. The molecule has 2 heterocycles. The number of fused-ring (bicyclic) bond motifs is 1. The van der Waals surface area contributed by atoms with Crippen LogP contribution in [0.1, 0.15) is 36.6 Å². The molecule has 4 aromatic rings. The Morgan fingerprint density at radius 3 is 2.50 bits per heavy atom. The van der Waals surface area contributed by atoms with Crippen LogP contribution in [-0.2, 0) is 16.1 Å². The van der Waals surface area contributed by atoms with E-state index in [0.29, 0.717) is 38.7 Å². The number of aromatic nitrogens is 1. The minimum Gasteiger partial charge on any atom is -0.504 e. The number of phenols is 1. The smallest absolute Gasteiger partial charge is 0.338 e. The van der Waals surface area contributed by atoms with Crippen molar-refractivity contribution in [3.05, 3.63) is 109 Å². The van der Waals surface area contributed by atoms with Gasteiger partial charge in [0.15, 0.2) is 27.8 Å². The second-order valence-corrected chi connectivity index (χ2v) is 10.4. The van der Waals surface area contributed by atoms with Gasteiger partial charge >= 0.3 is 5.97 Å². The maximum Gasteiger partial charge on any atom is 0.338 e. The maximum absolute atomic E-state index is 13.6. The minimum atomic E-state index is -0.759. The summed E-state index contributed by atoms with van der Waals surface area (Å²) in [6.07, 6.45) is 1.76. The number of hydrogen-bond donors (Lipinski definition) is 1. The van der Waals surface area contributed by atoms with Crippen molar-refractivity contribution < 1.29 is 28.8 Å². The molecule has 0 spiro atoms. The fraction of sp³-hybridized carbons (Fsp3) is 0.219. The molecule has 1 aromatic heterocycles. The van der Waals surface area contributed by atoms with E-state index in [1.165, 1.54) is 29.1 Å². The number of carbonyl (C=O) groups excluding carboxylic acids is 1. The third kappa shape index (κ3) is 5.66. The van der Waals surface area contributed by atoms with Gasteiger partial charge in [0.1, 0.15) is 12.6 Å². The predicted molar refractivity (Wildman–Crippen MR) is 160 cm³/mol. The van der Waals surface area contributed by atoms with Crippen LogP contribution < -0.4 is 29.1 Å². The number of ether oxygens (including phenoxy) is 4. The Bertz CT molecular complexity index is 1840. The monoisotopic (exact) mass is 586 g/mol. The lowest BCUT2D eigenvalue weighted by Gasteiger charge is -2.22. The van der Waals surface area contributed by atoms with Gasteiger partial charge in [0.2, 0.25) is 0 Å². The molecule has 0 saturated heterocycles. The zero-order chi connectivity index (χ0) is 29.8. The molecule has 216 valence electrons. The third-order valence-electron chi connectivity index (χ3n) is 6.78. The highest BCUT2D eigenvalue weighted by Gasteiger charge is 2.32. The average molecular weight is 587 g/mol.